The summed E-state index contributed by atoms with van der Waals surface area (Å²) in [5.74, 6) is 10.4. The van der Waals surface area contributed by atoms with Crippen molar-refractivity contribution in [3.8, 4) is 0 Å². The lowest BCUT2D eigenvalue weighted by atomic mass is 9.39. The first kappa shape index (κ1) is 4.13. The van der Waals surface area contributed by atoms with E-state index in [0.717, 1.165) is 0 Å². The number of hydrogen-bond acceptors (Lipinski definition) is 0. The highest BCUT2D eigenvalue weighted by atomic mass is 14.9. The van der Waals surface area contributed by atoms with Crippen molar-refractivity contribution >= 4 is 0 Å². The lowest BCUT2D eigenvalue weighted by molar-refractivity contribution is -0.183. The molecule has 0 heterocycles. The molecule has 0 radical (unpaired) electrons. The van der Waals surface area contributed by atoms with E-state index in [-0.39, 0.29) is 0 Å². The normalized spacial score (nSPS) is 91.2. The van der Waals surface area contributed by atoms with E-state index in [1.54, 1.807) is 12.8 Å². The number of hydrogen-bond donors (Lipinski definition) is 0. The average molecular weight is 132 g/mol. The zero-order valence-electron chi connectivity index (χ0n) is 6.03. The van der Waals surface area contributed by atoms with Gasteiger partial charge in [0.05, 0.1) is 0 Å². The smallest absolute Gasteiger partial charge is 0.0315 e. The fourth-order valence-corrected chi connectivity index (χ4v) is 5.12. The van der Waals surface area contributed by atoms with Gasteiger partial charge in [0, 0.05) is 0 Å². The zero-order valence-corrected chi connectivity index (χ0v) is 6.03. The number of fused-ring (bicyclic) bond motifs is 10. The Balaban J connectivity index is 1.67. The molecule has 52 valence electrons. The lowest BCUT2D eigenvalue weighted by Crippen LogP contribution is -2.62. The van der Waals surface area contributed by atoms with Crippen LogP contribution in [-0.2, 0) is 0 Å². The molecule has 0 aliphatic heterocycles. The predicted octanol–water partition coefficient (Wildman–Crippen LogP) is 1.76. The van der Waals surface area contributed by atoms with Gasteiger partial charge < -0.3 is 0 Å². The van der Waals surface area contributed by atoms with Gasteiger partial charge in [-0.1, -0.05) is 0 Å². The Labute approximate surface area is 61.0 Å². The van der Waals surface area contributed by atoms with Crippen LogP contribution in [0.25, 0.3) is 0 Å². The third-order valence-electron chi connectivity index (χ3n) is 5.54. The second-order valence-electron chi connectivity index (χ2n) is 5.44. The van der Waals surface area contributed by atoms with Crippen LogP contribution in [0.15, 0.2) is 0 Å². The average Bonchev–Trinajstić information content (AvgIpc) is 2.65. The summed E-state index contributed by atoms with van der Waals surface area (Å²) in [7, 11) is 0. The topological polar surface area (TPSA) is 0 Å². The van der Waals surface area contributed by atoms with Gasteiger partial charge in [-0.3, -0.25) is 0 Å². The SMILES string of the molecule is C1[C@@H]2C3C4C(C3[C@H]12)[C@@H]1C[C@H]41. The molecule has 4 unspecified atom stereocenters. The summed E-state index contributed by atoms with van der Waals surface area (Å²) < 4.78 is 0. The van der Waals surface area contributed by atoms with Gasteiger partial charge in [-0.05, 0) is 60.2 Å². The quantitative estimate of drug-likeness (QED) is 0.441. The maximum Gasteiger partial charge on any atom is -0.0315 e. The van der Waals surface area contributed by atoms with E-state index in [9.17, 15) is 0 Å². The van der Waals surface area contributed by atoms with Crippen LogP contribution in [0.3, 0.4) is 0 Å². The Morgan fingerprint density at radius 2 is 0.800 bits per heavy atom. The van der Waals surface area contributed by atoms with Crippen LogP contribution in [0.1, 0.15) is 12.8 Å². The molecule has 0 N–H and O–H groups in total. The monoisotopic (exact) mass is 132 g/mol. The van der Waals surface area contributed by atoms with Gasteiger partial charge >= 0.3 is 0 Å². The molecule has 0 amide bonds. The fraction of sp³-hybridized carbons (Fsp3) is 1.00. The van der Waals surface area contributed by atoms with Gasteiger partial charge in [-0.25, -0.2) is 0 Å². The van der Waals surface area contributed by atoms with Gasteiger partial charge in [0.2, 0.25) is 0 Å². The minimum Gasteiger partial charge on any atom is -0.0465 e. The molecule has 5 saturated carbocycles. The molecule has 0 aromatic carbocycles. The molecule has 0 saturated heterocycles. The zero-order chi connectivity index (χ0) is 6.03. The third-order valence-corrected chi connectivity index (χ3v) is 5.54. The van der Waals surface area contributed by atoms with Crippen molar-refractivity contribution in [3.63, 3.8) is 0 Å². The van der Waals surface area contributed by atoms with E-state index in [0.29, 0.717) is 0 Å². The molecule has 0 aromatic rings. The first-order valence-electron chi connectivity index (χ1n) is 4.97. The summed E-state index contributed by atoms with van der Waals surface area (Å²) >= 11 is 0. The van der Waals surface area contributed by atoms with Gasteiger partial charge in [0.1, 0.15) is 0 Å². The first-order chi connectivity index (χ1) is 4.97. The molecule has 8 atom stereocenters. The van der Waals surface area contributed by atoms with E-state index in [4.69, 9.17) is 0 Å². The van der Waals surface area contributed by atoms with E-state index in [2.05, 4.69) is 0 Å². The Morgan fingerprint density at radius 3 is 1.10 bits per heavy atom. The molecule has 5 fully saturated rings. The van der Waals surface area contributed by atoms with Gasteiger partial charge in [0.15, 0.2) is 0 Å². The minimum atomic E-state index is 1.28. The van der Waals surface area contributed by atoms with Crippen LogP contribution in [0.4, 0.5) is 0 Å². The van der Waals surface area contributed by atoms with Crippen molar-refractivity contribution < 1.29 is 0 Å². The molecule has 10 heavy (non-hydrogen) atoms. The maximum atomic E-state index is 1.65. The van der Waals surface area contributed by atoms with Crippen molar-refractivity contribution in [1.82, 2.24) is 0 Å². The predicted molar refractivity (Wildman–Crippen MR) is 37.2 cm³/mol. The van der Waals surface area contributed by atoms with Gasteiger partial charge in [-0.15, -0.1) is 0 Å². The fourth-order valence-electron chi connectivity index (χ4n) is 5.12. The van der Waals surface area contributed by atoms with E-state index in [1.807, 2.05) is 0 Å². The van der Waals surface area contributed by atoms with Crippen LogP contribution in [0.5, 0.6) is 0 Å². The Morgan fingerprint density at radius 1 is 0.500 bits per heavy atom. The molecule has 0 aromatic heterocycles. The maximum absolute atomic E-state index is 1.65. The summed E-state index contributed by atoms with van der Waals surface area (Å²) in [6.45, 7) is 0. The van der Waals surface area contributed by atoms with Crippen molar-refractivity contribution in [1.29, 1.82) is 0 Å². The van der Waals surface area contributed by atoms with Crippen molar-refractivity contribution in [2.75, 3.05) is 0 Å². The van der Waals surface area contributed by atoms with Crippen LogP contribution >= 0.6 is 0 Å². The molecular formula is C10H12. The summed E-state index contributed by atoms with van der Waals surface area (Å²) in [6.07, 6.45) is 3.31. The molecule has 0 spiro atoms. The molecule has 5 aliphatic rings. The molecule has 5 aliphatic carbocycles. The second-order valence-corrected chi connectivity index (χ2v) is 5.44. The summed E-state index contributed by atoms with van der Waals surface area (Å²) in [6, 6.07) is 0. The highest BCUT2D eigenvalue weighted by Gasteiger charge is 2.83. The minimum absolute atomic E-state index is 1.28. The molecule has 0 nitrogen and oxygen atoms in total. The van der Waals surface area contributed by atoms with Crippen LogP contribution in [0, 0.1) is 47.3 Å². The van der Waals surface area contributed by atoms with Crippen LogP contribution in [0.2, 0.25) is 0 Å². The van der Waals surface area contributed by atoms with Crippen LogP contribution in [-0.4, -0.2) is 0 Å². The Kier molecular flexibility index (Phi) is 0.352. The Hall–Kier alpha value is 0. The summed E-state index contributed by atoms with van der Waals surface area (Å²) in [5.41, 5.74) is 0. The van der Waals surface area contributed by atoms with E-state index >= 15 is 0 Å². The highest BCUT2D eigenvalue weighted by molar-refractivity contribution is 5.31. The van der Waals surface area contributed by atoms with Crippen LogP contribution < -0.4 is 0 Å². The molecular weight excluding hydrogens is 120 g/mol. The molecule has 0 bridgehead atoms. The van der Waals surface area contributed by atoms with Crippen molar-refractivity contribution in [2.45, 2.75) is 12.8 Å². The summed E-state index contributed by atoms with van der Waals surface area (Å²) in [5, 5.41) is 0. The molecule has 5 rings (SSSR count). The highest BCUT2D eigenvalue weighted by Crippen LogP contribution is 2.88. The number of rotatable bonds is 0. The summed E-state index contributed by atoms with van der Waals surface area (Å²) in [4.78, 5) is 0. The van der Waals surface area contributed by atoms with Gasteiger partial charge in [-0.2, -0.15) is 0 Å². The van der Waals surface area contributed by atoms with Crippen molar-refractivity contribution in [3.05, 3.63) is 0 Å². The second kappa shape index (κ2) is 0.852. The standard InChI is InChI=1S/C10H12/c1-3-4(1)8-7(3)9-5-2-6(5)10(8)9/h3-10H,1-2H2/t3-,4+,5-,6+,7?,8?,9?,10?. The lowest BCUT2D eigenvalue weighted by Gasteiger charge is -2.65. The third kappa shape index (κ3) is 0.202. The largest absolute Gasteiger partial charge is 0.0465 e. The molecule has 0 heteroatoms. The van der Waals surface area contributed by atoms with E-state index in [1.165, 1.54) is 47.3 Å². The van der Waals surface area contributed by atoms with Crippen molar-refractivity contribution in [2.24, 2.45) is 47.3 Å². The van der Waals surface area contributed by atoms with E-state index < -0.39 is 0 Å². The first-order valence-corrected chi connectivity index (χ1v) is 4.97. The Bertz CT molecular complexity index is 186. The van der Waals surface area contributed by atoms with Gasteiger partial charge in [0.25, 0.3) is 0 Å².